The van der Waals surface area contributed by atoms with Crippen LogP contribution in [0.4, 0.5) is 0 Å². The zero-order valence-electron chi connectivity index (χ0n) is 16.0. The molecule has 0 aromatic heterocycles. The molecule has 0 spiro atoms. The van der Waals surface area contributed by atoms with Crippen molar-refractivity contribution >= 4 is 10.0 Å². The van der Waals surface area contributed by atoms with E-state index in [1.807, 2.05) is 0 Å². The van der Waals surface area contributed by atoms with E-state index in [9.17, 15) is 8.42 Å². The summed E-state index contributed by atoms with van der Waals surface area (Å²) < 4.78 is 30.3. The molecule has 7 heteroatoms. The van der Waals surface area contributed by atoms with E-state index in [-0.39, 0.29) is 16.8 Å². The van der Waals surface area contributed by atoms with Crippen LogP contribution in [-0.4, -0.2) is 70.0 Å². The highest BCUT2D eigenvalue weighted by molar-refractivity contribution is 7.89. The number of nitrogens with one attached hydrogen (secondary N) is 2. The Balaban J connectivity index is 3.77. The fraction of sp³-hybridized carbons (Fsp3) is 1.00. The third kappa shape index (κ3) is 12.8. The van der Waals surface area contributed by atoms with Gasteiger partial charge < -0.3 is 15.4 Å². The molecule has 0 bridgehead atoms. The Bertz CT molecular complexity index is 415. The summed E-state index contributed by atoms with van der Waals surface area (Å²) >= 11 is 0. The average Bonchev–Trinajstić information content (AvgIpc) is 2.35. The summed E-state index contributed by atoms with van der Waals surface area (Å²) in [6.07, 6.45) is 1.84. The molecule has 0 aliphatic heterocycles. The third-order valence-corrected chi connectivity index (χ3v) is 5.34. The van der Waals surface area contributed by atoms with Crippen LogP contribution in [0.2, 0.25) is 0 Å². The zero-order valence-corrected chi connectivity index (χ0v) is 16.8. The van der Waals surface area contributed by atoms with E-state index >= 15 is 0 Å². The van der Waals surface area contributed by atoms with E-state index in [0.29, 0.717) is 13.2 Å². The molecule has 0 aliphatic rings. The highest BCUT2D eigenvalue weighted by Crippen LogP contribution is 2.08. The number of hydrogen-bond acceptors (Lipinski definition) is 5. The van der Waals surface area contributed by atoms with Crippen molar-refractivity contribution in [3.63, 3.8) is 0 Å². The van der Waals surface area contributed by atoms with Crippen LogP contribution in [0.1, 0.15) is 47.5 Å². The number of hydrogen-bond donors (Lipinski definition) is 2. The van der Waals surface area contributed by atoms with Crippen LogP contribution in [0.25, 0.3) is 0 Å². The smallest absolute Gasteiger partial charge is 0.214 e. The first-order valence-electron chi connectivity index (χ1n) is 8.34. The Hall–Kier alpha value is -0.210. The fourth-order valence-corrected chi connectivity index (χ4v) is 2.58. The van der Waals surface area contributed by atoms with Gasteiger partial charge in [-0.15, -0.1) is 0 Å². The topological polar surface area (TPSA) is 70.7 Å². The molecule has 140 valence electrons. The third-order valence-electron chi connectivity index (χ3n) is 3.51. The van der Waals surface area contributed by atoms with E-state index < -0.39 is 10.0 Å². The number of nitrogens with zero attached hydrogens (tertiary/aromatic N) is 1. The number of sulfonamides is 1. The predicted molar refractivity (Wildman–Crippen MR) is 97.4 cm³/mol. The molecule has 23 heavy (non-hydrogen) atoms. The molecule has 0 saturated heterocycles. The molecule has 0 heterocycles. The Morgan fingerprint density at radius 2 is 1.57 bits per heavy atom. The van der Waals surface area contributed by atoms with Crippen molar-refractivity contribution in [1.82, 2.24) is 14.9 Å². The van der Waals surface area contributed by atoms with Gasteiger partial charge in [-0.25, -0.2) is 12.7 Å². The highest BCUT2D eigenvalue weighted by atomic mass is 32.2. The summed E-state index contributed by atoms with van der Waals surface area (Å²) in [5, 5.41) is 6.72. The van der Waals surface area contributed by atoms with E-state index in [2.05, 4.69) is 45.3 Å². The maximum atomic E-state index is 11.7. The predicted octanol–water partition coefficient (Wildman–Crippen LogP) is 1.43. The molecule has 0 saturated carbocycles. The molecule has 0 aromatic carbocycles. The van der Waals surface area contributed by atoms with E-state index in [1.54, 1.807) is 14.1 Å². The van der Waals surface area contributed by atoms with Crippen LogP contribution < -0.4 is 10.6 Å². The summed E-state index contributed by atoms with van der Waals surface area (Å²) in [5.41, 5.74) is 0.0182. The number of ether oxygens (including phenoxy) is 1. The molecule has 0 amide bonds. The summed E-state index contributed by atoms with van der Waals surface area (Å²) in [6.45, 7) is 13.4. The molecule has 2 N–H and O–H groups in total. The molecule has 6 nitrogen and oxygen atoms in total. The van der Waals surface area contributed by atoms with Crippen LogP contribution in [0.3, 0.4) is 0 Å². The van der Waals surface area contributed by atoms with Crippen molar-refractivity contribution in [2.45, 2.75) is 58.5 Å². The molecule has 0 atom stereocenters. The maximum Gasteiger partial charge on any atom is 0.214 e. The minimum Gasteiger partial charge on any atom is -0.381 e. The van der Waals surface area contributed by atoms with Crippen LogP contribution >= 0.6 is 0 Å². The van der Waals surface area contributed by atoms with Crippen LogP contribution in [0.15, 0.2) is 0 Å². The van der Waals surface area contributed by atoms with E-state index in [1.165, 1.54) is 4.31 Å². The Labute approximate surface area is 143 Å². The van der Waals surface area contributed by atoms with Gasteiger partial charge in [0.2, 0.25) is 10.0 Å². The standard InChI is InChI=1S/C16H37N3O3S/c1-15(2,3)17-10-8-12-22-13-9-16(4,5)18-11-14-23(20,21)19(6)7/h17-18H,8-14H2,1-7H3. The maximum absolute atomic E-state index is 11.7. The van der Waals surface area contributed by atoms with Crippen LogP contribution in [0.5, 0.6) is 0 Å². The van der Waals surface area contributed by atoms with Gasteiger partial charge >= 0.3 is 0 Å². The minimum atomic E-state index is -3.14. The lowest BCUT2D eigenvalue weighted by Gasteiger charge is -2.26. The van der Waals surface area contributed by atoms with Crippen molar-refractivity contribution in [1.29, 1.82) is 0 Å². The molecular weight excluding hydrogens is 314 g/mol. The second kappa shape index (κ2) is 9.93. The Morgan fingerprint density at radius 1 is 0.957 bits per heavy atom. The normalized spacial score (nSPS) is 13.7. The molecular formula is C16H37N3O3S. The summed E-state index contributed by atoms with van der Waals surface area (Å²) in [6, 6.07) is 0. The molecule has 0 aromatic rings. The van der Waals surface area contributed by atoms with E-state index in [0.717, 1.165) is 26.0 Å². The lowest BCUT2D eigenvalue weighted by atomic mass is 10.0. The average molecular weight is 352 g/mol. The van der Waals surface area contributed by atoms with Crippen molar-refractivity contribution in [2.75, 3.05) is 46.2 Å². The van der Waals surface area contributed by atoms with Gasteiger partial charge in [0, 0.05) is 44.9 Å². The molecule has 0 unspecified atom stereocenters. The van der Waals surface area contributed by atoms with Crippen molar-refractivity contribution < 1.29 is 13.2 Å². The molecule has 0 radical (unpaired) electrons. The molecule has 0 fully saturated rings. The fourth-order valence-electron chi connectivity index (χ4n) is 1.86. The highest BCUT2D eigenvalue weighted by Gasteiger charge is 2.19. The van der Waals surface area contributed by atoms with Gasteiger partial charge in [-0.1, -0.05) is 0 Å². The van der Waals surface area contributed by atoms with Gasteiger partial charge in [-0.2, -0.15) is 0 Å². The largest absolute Gasteiger partial charge is 0.381 e. The van der Waals surface area contributed by atoms with Gasteiger partial charge in [0.05, 0.1) is 5.75 Å². The van der Waals surface area contributed by atoms with Crippen LogP contribution in [-0.2, 0) is 14.8 Å². The first kappa shape index (κ1) is 22.8. The second-order valence-corrected chi connectivity index (χ2v) is 10.1. The quantitative estimate of drug-likeness (QED) is 0.521. The van der Waals surface area contributed by atoms with Crippen molar-refractivity contribution in [3.05, 3.63) is 0 Å². The van der Waals surface area contributed by atoms with Gasteiger partial charge in [-0.05, 0) is 54.0 Å². The zero-order chi connectivity index (χ0) is 18.1. The summed E-state index contributed by atoms with van der Waals surface area (Å²) in [5.74, 6) is 0.114. The van der Waals surface area contributed by atoms with Gasteiger partial charge in [0.15, 0.2) is 0 Å². The monoisotopic (exact) mass is 351 g/mol. The molecule has 0 aliphatic carbocycles. The second-order valence-electron chi connectivity index (χ2n) is 7.80. The lowest BCUT2D eigenvalue weighted by molar-refractivity contribution is 0.110. The minimum absolute atomic E-state index is 0.114. The summed E-state index contributed by atoms with van der Waals surface area (Å²) in [4.78, 5) is 0. The Morgan fingerprint density at radius 3 is 2.09 bits per heavy atom. The van der Waals surface area contributed by atoms with Gasteiger partial charge in [0.1, 0.15) is 0 Å². The number of rotatable bonds is 12. The van der Waals surface area contributed by atoms with Crippen molar-refractivity contribution in [2.24, 2.45) is 0 Å². The first-order valence-corrected chi connectivity index (χ1v) is 9.95. The SMILES string of the molecule is CN(C)S(=O)(=O)CCNC(C)(C)CCOCCCNC(C)(C)C. The Kier molecular flexibility index (Phi) is 9.84. The molecule has 0 rings (SSSR count). The van der Waals surface area contributed by atoms with Crippen LogP contribution in [0, 0.1) is 0 Å². The van der Waals surface area contributed by atoms with Crippen molar-refractivity contribution in [3.8, 4) is 0 Å². The first-order chi connectivity index (χ1) is 10.4. The van der Waals surface area contributed by atoms with Gasteiger partial charge in [-0.3, -0.25) is 0 Å². The summed E-state index contributed by atoms with van der Waals surface area (Å²) in [7, 11) is -0.0188. The lowest BCUT2D eigenvalue weighted by Crippen LogP contribution is -2.43. The van der Waals surface area contributed by atoms with Gasteiger partial charge in [0.25, 0.3) is 0 Å². The van der Waals surface area contributed by atoms with E-state index in [4.69, 9.17) is 4.74 Å².